The molecule has 2 rings (SSSR count). The fourth-order valence-corrected chi connectivity index (χ4v) is 3.12. The van der Waals surface area contributed by atoms with Gasteiger partial charge in [0.25, 0.3) is 0 Å². The number of amides is 1. The van der Waals surface area contributed by atoms with Crippen LogP contribution in [-0.2, 0) is 16.1 Å². The number of rotatable bonds is 4. The molecule has 0 bridgehead atoms. The molecule has 108 valence electrons. The summed E-state index contributed by atoms with van der Waals surface area (Å²) in [5.41, 5.74) is 0.422. The van der Waals surface area contributed by atoms with Crippen molar-refractivity contribution in [1.29, 1.82) is 0 Å². The zero-order valence-electron chi connectivity index (χ0n) is 11.1. The van der Waals surface area contributed by atoms with Gasteiger partial charge >= 0.3 is 0 Å². The van der Waals surface area contributed by atoms with E-state index in [0.717, 1.165) is 0 Å². The number of halogens is 2. The fourth-order valence-electron chi connectivity index (χ4n) is 2.23. The van der Waals surface area contributed by atoms with Crippen molar-refractivity contribution in [2.75, 3.05) is 12.3 Å². The molecule has 1 atom stereocenters. The first-order valence-corrected chi connectivity index (χ1v) is 7.67. The topological polar surface area (TPSA) is 37.4 Å². The summed E-state index contributed by atoms with van der Waals surface area (Å²) in [4.78, 5) is 24.5. The van der Waals surface area contributed by atoms with E-state index in [1.165, 1.54) is 24.8 Å². The van der Waals surface area contributed by atoms with Crippen molar-refractivity contribution in [3.63, 3.8) is 0 Å². The minimum absolute atomic E-state index is 0.00136. The van der Waals surface area contributed by atoms with Gasteiger partial charge in [-0.3, -0.25) is 9.59 Å². The number of nitrogens with zero attached hydrogens (tertiary/aromatic N) is 1. The molecule has 20 heavy (non-hydrogen) atoms. The van der Waals surface area contributed by atoms with Crippen LogP contribution < -0.4 is 0 Å². The standard InChI is InChI=1S/C14H15ClFNO2S/c1-9(18)20-8-10-5-13(19)17(6-10)7-11-3-2-4-12(15)14(11)16/h2-4,10H,5-8H2,1H3. The monoisotopic (exact) mass is 315 g/mol. The van der Waals surface area contributed by atoms with Crippen LogP contribution >= 0.6 is 23.4 Å². The van der Waals surface area contributed by atoms with Crippen molar-refractivity contribution in [1.82, 2.24) is 4.90 Å². The van der Waals surface area contributed by atoms with Crippen LogP contribution in [0.1, 0.15) is 18.9 Å². The lowest BCUT2D eigenvalue weighted by atomic mass is 10.1. The van der Waals surface area contributed by atoms with Gasteiger partial charge in [-0.25, -0.2) is 4.39 Å². The van der Waals surface area contributed by atoms with Gasteiger partial charge in [-0.2, -0.15) is 0 Å². The second-order valence-electron chi connectivity index (χ2n) is 4.86. The maximum absolute atomic E-state index is 13.8. The number of benzene rings is 1. The van der Waals surface area contributed by atoms with Gasteiger partial charge in [-0.05, 0) is 12.0 Å². The first-order chi connectivity index (χ1) is 9.47. The van der Waals surface area contributed by atoms with E-state index in [9.17, 15) is 14.0 Å². The Morgan fingerprint density at radius 2 is 2.30 bits per heavy atom. The lowest BCUT2D eigenvalue weighted by Crippen LogP contribution is -2.25. The van der Waals surface area contributed by atoms with Crippen LogP contribution in [0.2, 0.25) is 5.02 Å². The average molecular weight is 316 g/mol. The number of likely N-dealkylation sites (tertiary alicyclic amines) is 1. The predicted molar refractivity (Wildman–Crippen MR) is 78.1 cm³/mol. The van der Waals surface area contributed by atoms with E-state index in [1.807, 2.05) is 0 Å². The molecule has 0 aromatic heterocycles. The van der Waals surface area contributed by atoms with E-state index < -0.39 is 5.82 Å². The van der Waals surface area contributed by atoms with Crippen molar-refractivity contribution in [2.45, 2.75) is 19.9 Å². The molecule has 1 aliphatic rings. The molecule has 0 radical (unpaired) electrons. The minimum atomic E-state index is -0.469. The minimum Gasteiger partial charge on any atom is -0.338 e. The SMILES string of the molecule is CC(=O)SCC1CC(=O)N(Cc2cccc(Cl)c2F)C1. The highest BCUT2D eigenvalue weighted by Crippen LogP contribution is 2.26. The average Bonchev–Trinajstić information content (AvgIpc) is 2.73. The summed E-state index contributed by atoms with van der Waals surface area (Å²) in [6, 6.07) is 4.79. The second kappa shape index (κ2) is 6.59. The normalized spacial score (nSPS) is 18.6. The van der Waals surface area contributed by atoms with Crippen LogP contribution in [0.3, 0.4) is 0 Å². The van der Waals surface area contributed by atoms with E-state index in [2.05, 4.69) is 0 Å². The molecule has 1 saturated heterocycles. The molecule has 1 unspecified atom stereocenters. The van der Waals surface area contributed by atoms with Crippen molar-refractivity contribution < 1.29 is 14.0 Å². The Morgan fingerprint density at radius 1 is 1.55 bits per heavy atom. The first-order valence-electron chi connectivity index (χ1n) is 6.31. The highest BCUT2D eigenvalue weighted by Gasteiger charge is 2.30. The lowest BCUT2D eigenvalue weighted by molar-refractivity contribution is -0.128. The van der Waals surface area contributed by atoms with E-state index in [1.54, 1.807) is 17.0 Å². The molecule has 1 amide bonds. The molecule has 1 aliphatic heterocycles. The van der Waals surface area contributed by atoms with E-state index >= 15 is 0 Å². The number of carbonyl (C=O) groups is 2. The summed E-state index contributed by atoms with van der Waals surface area (Å²) in [5, 5.41) is 0.120. The van der Waals surface area contributed by atoms with Crippen LogP contribution in [-0.4, -0.2) is 28.2 Å². The number of carbonyl (C=O) groups excluding carboxylic acids is 2. The zero-order valence-corrected chi connectivity index (χ0v) is 12.6. The molecular formula is C14H15ClFNO2S. The second-order valence-corrected chi connectivity index (χ2v) is 6.46. The van der Waals surface area contributed by atoms with Crippen LogP contribution in [0.5, 0.6) is 0 Å². The molecule has 1 aromatic rings. The van der Waals surface area contributed by atoms with Crippen LogP contribution in [0.25, 0.3) is 0 Å². The highest BCUT2D eigenvalue weighted by atomic mass is 35.5. The maximum atomic E-state index is 13.8. The Balaban J connectivity index is 1.98. The summed E-state index contributed by atoms with van der Waals surface area (Å²) in [6.45, 7) is 2.30. The van der Waals surface area contributed by atoms with E-state index in [0.29, 0.717) is 24.3 Å². The summed E-state index contributed by atoms with van der Waals surface area (Å²) >= 11 is 6.96. The molecule has 1 heterocycles. The van der Waals surface area contributed by atoms with Gasteiger partial charge < -0.3 is 4.90 Å². The summed E-state index contributed by atoms with van der Waals surface area (Å²) < 4.78 is 13.8. The molecule has 3 nitrogen and oxygen atoms in total. The Morgan fingerprint density at radius 3 is 3.00 bits per heavy atom. The molecular weight excluding hydrogens is 301 g/mol. The highest BCUT2D eigenvalue weighted by molar-refractivity contribution is 8.13. The Kier molecular flexibility index (Phi) is 5.05. The van der Waals surface area contributed by atoms with Gasteiger partial charge in [0.15, 0.2) is 5.12 Å². The largest absolute Gasteiger partial charge is 0.338 e. The predicted octanol–water partition coefficient (Wildman–Crippen LogP) is 3.11. The van der Waals surface area contributed by atoms with Gasteiger partial charge in [-0.1, -0.05) is 35.5 Å². The molecule has 1 aromatic carbocycles. The third kappa shape index (κ3) is 3.73. The lowest BCUT2D eigenvalue weighted by Gasteiger charge is -2.17. The van der Waals surface area contributed by atoms with Crippen molar-refractivity contribution >= 4 is 34.4 Å². The smallest absolute Gasteiger partial charge is 0.223 e. The molecule has 0 aliphatic carbocycles. The summed E-state index contributed by atoms with van der Waals surface area (Å²) in [7, 11) is 0. The van der Waals surface area contributed by atoms with Crippen LogP contribution in [0, 0.1) is 11.7 Å². The van der Waals surface area contributed by atoms with Gasteiger partial charge in [-0.15, -0.1) is 0 Å². The van der Waals surface area contributed by atoms with Gasteiger partial charge in [0.1, 0.15) is 5.82 Å². The zero-order chi connectivity index (χ0) is 14.7. The third-order valence-electron chi connectivity index (χ3n) is 3.21. The fraction of sp³-hybridized carbons (Fsp3) is 0.429. The molecule has 0 N–H and O–H groups in total. The number of hydrogen-bond donors (Lipinski definition) is 0. The number of hydrogen-bond acceptors (Lipinski definition) is 3. The molecule has 6 heteroatoms. The van der Waals surface area contributed by atoms with Crippen molar-refractivity contribution in [3.05, 3.63) is 34.6 Å². The number of thioether (sulfide) groups is 1. The quantitative estimate of drug-likeness (QED) is 0.857. The molecule has 0 spiro atoms. The van der Waals surface area contributed by atoms with Gasteiger partial charge in [0, 0.05) is 37.8 Å². The first kappa shape index (κ1) is 15.3. The Hall–Kier alpha value is -1.07. The summed E-state index contributed by atoms with van der Waals surface area (Å²) in [5.74, 6) is 0.316. The van der Waals surface area contributed by atoms with Gasteiger partial charge in [0.05, 0.1) is 5.02 Å². The third-order valence-corrected chi connectivity index (χ3v) is 4.55. The maximum Gasteiger partial charge on any atom is 0.223 e. The van der Waals surface area contributed by atoms with E-state index in [4.69, 9.17) is 11.6 Å². The van der Waals surface area contributed by atoms with E-state index in [-0.39, 0.29) is 28.5 Å². The van der Waals surface area contributed by atoms with Crippen molar-refractivity contribution in [2.24, 2.45) is 5.92 Å². The molecule has 0 saturated carbocycles. The summed E-state index contributed by atoms with van der Waals surface area (Å²) in [6.07, 6.45) is 0.419. The van der Waals surface area contributed by atoms with Crippen LogP contribution in [0.15, 0.2) is 18.2 Å². The Bertz CT molecular complexity index is 538. The Labute approximate surface area is 126 Å². The molecule has 1 fully saturated rings. The van der Waals surface area contributed by atoms with Gasteiger partial charge in [0.2, 0.25) is 5.91 Å². The van der Waals surface area contributed by atoms with Crippen LogP contribution in [0.4, 0.5) is 4.39 Å². The van der Waals surface area contributed by atoms with Crippen molar-refractivity contribution in [3.8, 4) is 0 Å².